The Labute approximate surface area is 191 Å². The standard InChI is InChI=1S/C23H20N2O3.C3H3NO/c1-23(16-12-14-19(15-13-16)28-18-10-6-3-7-11-18)21(26)20(22(27)25-23)24-17-8-4-2-5-9-17;1-2-5-3-4-1/h2-15,20,24H,1H3,(H,25,27);1-3H. The number of oxazole rings is 1. The number of anilines is 1. The maximum atomic E-state index is 13.0. The summed E-state index contributed by atoms with van der Waals surface area (Å²) in [5.74, 6) is 0.854. The number of carbonyl (C=O) groups excluding carboxylic acids is 2. The summed E-state index contributed by atoms with van der Waals surface area (Å²) in [6.45, 7) is 1.73. The maximum absolute atomic E-state index is 13.0. The van der Waals surface area contributed by atoms with Crippen molar-refractivity contribution < 1.29 is 18.7 Å². The number of rotatable bonds is 5. The van der Waals surface area contributed by atoms with Gasteiger partial charge in [-0.2, -0.15) is 0 Å². The van der Waals surface area contributed by atoms with Gasteiger partial charge in [-0.15, -0.1) is 0 Å². The topological polar surface area (TPSA) is 93.5 Å². The number of nitrogens with one attached hydrogen (secondary N) is 2. The van der Waals surface area contributed by atoms with E-state index in [0.717, 1.165) is 11.4 Å². The van der Waals surface area contributed by atoms with Crippen molar-refractivity contribution >= 4 is 17.4 Å². The summed E-state index contributed by atoms with van der Waals surface area (Å²) in [6.07, 6.45) is 4.47. The Morgan fingerprint density at radius 1 is 0.909 bits per heavy atom. The molecule has 4 aromatic rings. The summed E-state index contributed by atoms with van der Waals surface area (Å²) >= 11 is 0. The van der Waals surface area contributed by atoms with Gasteiger partial charge in [0.05, 0.1) is 6.20 Å². The number of ketones is 1. The van der Waals surface area contributed by atoms with Crippen molar-refractivity contribution in [2.45, 2.75) is 18.5 Å². The summed E-state index contributed by atoms with van der Waals surface area (Å²) in [6, 6.07) is 25.0. The fraction of sp³-hybridized carbons (Fsp3) is 0.115. The Hall–Kier alpha value is -4.39. The van der Waals surface area contributed by atoms with E-state index in [-0.39, 0.29) is 11.7 Å². The van der Waals surface area contributed by atoms with Gasteiger partial charge in [-0.1, -0.05) is 48.5 Å². The van der Waals surface area contributed by atoms with Crippen molar-refractivity contribution in [3.63, 3.8) is 0 Å². The predicted octanol–water partition coefficient (Wildman–Crippen LogP) is 4.55. The molecule has 1 aliphatic rings. The van der Waals surface area contributed by atoms with Crippen LogP contribution in [0.4, 0.5) is 5.69 Å². The van der Waals surface area contributed by atoms with Gasteiger partial charge in [-0.25, -0.2) is 4.98 Å². The monoisotopic (exact) mass is 441 g/mol. The van der Waals surface area contributed by atoms with Gasteiger partial charge in [0.2, 0.25) is 0 Å². The lowest BCUT2D eigenvalue weighted by molar-refractivity contribution is -0.124. The molecule has 1 saturated heterocycles. The first-order chi connectivity index (χ1) is 16.1. The molecule has 1 fully saturated rings. The molecule has 7 nitrogen and oxygen atoms in total. The van der Waals surface area contributed by atoms with E-state index >= 15 is 0 Å². The molecule has 166 valence electrons. The first-order valence-electron chi connectivity index (χ1n) is 10.4. The first-order valence-corrected chi connectivity index (χ1v) is 10.4. The number of ether oxygens (including phenoxy) is 1. The van der Waals surface area contributed by atoms with Crippen LogP contribution in [0.5, 0.6) is 11.5 Å². The fourth-order valence-electron chi connectivity index (χ4n) is 3.49. The van der Waals surface area contributed by atoms with E-state index in [1.165, 1.54) is 12.7 Å². The number of benzene rings is 3. The van der Waals surface area contributed by atoms with Crippen LogP contribution in [0.25, 0.3) is 0 Å². The third-order valence-electron chi connectivity index (χ3n) is 5.23. The highest BCUT2D eigenvalue weighted by atomic mass is 16.5. The lowest BCUT2D eigenvalue weighted by atomic mass is 9.88. The lowest BCUT2D eigenvalue weighted by Crippen LogP contribution is -2.41. The van der Waals surface area contributed by atoms with E-state index in [4.69, 9.17) is 4.74 Å². The molecule has 3 aromatic carbocycles. The molecule has 0 aliphatic carbocycles. The lowest BCUT2D eigenvalue weighted by Gasteiger charge is -2.23. The zero-order chi connectivity index (χ0) is 23.1. The van der Waals surface area contributed by atoms with Gasteiger partial charge in [-0.3, -0.25) is 9.59 Å². The summed E-state index contributed by atoms with van der Waals surface area (Å²) in [7, 11) is 0. The minimum atomic E-state index is -1.09. The van der Waals surface area contributed by atoms with Crippen molar-refractivity contribution in [3.8, 4) is 11.5 Å². The largest absolute Gasteiger partial charge is 0.457 e. The molecular weight excluding hydrogens is 418 g/mol. The number of hydrogen-bond donors (Lipinski definition) is 2. The Morgan fingerprint density at radius 2 is 1.55 bits per heavy atom. The highest BCUT2D eigenvalue weighted by Gasteiger charge is 2.50. The van der Waals surface area contributed by atoms with Gasteiger partial charge >= 0.3 is 0 Å². The van der Waals surface area contributed by atoms with Crippen molar-refractivity contribution in [1.29, 1.82) is 0 Å². The molecule has 1 aliphatic heterocycles. The Balaban J connectivity index is 0.000000459. The number of nitrogens with zero attached hydrogens (tertiary/aromatic N) is 1. The number of para-hydroxylation sites is 2. The van der Waals surface area contributed by atoms with Crippen LogP contribution in [0, 0.1) is 0 Å². The van der Waals surface area contributed by atoms with Gasteiger partial charge < -0.3 is 19.8 Å². The summed E-state index contributed by atoms with van der Waals surface area (Å²) < 4.78 is 10.3. The van der Waals surface area contributed by atoms with Gasteiger partial charge in [0.1, 0.15) is 23.3 Å². The molecule has 33 heavy (non-hydrogen) atoms. The number of hydrogen-bond acceptors (Lipinski definition) is 6. The van der Waals surface area contributed by atoms with E-state index in [1.54, 1.807) is 37.4 Å². The number of Topliss-reactive ketones (excluding diaryl/α,β-unsaturated/α-hetero) is 1. The van der Waals surface area contributed by atoms with Crippen molar-refractivity contribution in [3.05, 3.63) is 109 Å². The van der Waals surface area contributed by atoms with Crippen LogP contribution in [0.1, 0.15) is 12.5 Å². The minimum absolute atomic E-state index is 0.210. The minimum Gasteiger partial charge on any atom is -0.457 e. The van der Waals surface area contributed by atoms with Crippen LogP contribution in [0.2, 0.25) is 0 Å². The second-order valence-corrected chi connectivity index (χ2v) is 7.54. The van der Waals surface area contributed by atoms with Crippen molar-refractivity contribution in [2.75, 3.05) is 5.32 Å². The molecule has 2 heterocycles. The average Bonchev–Trinajstić information content (AvgIpc) is 3.50. The third-order valence-corrected chi connectivity index (χ3v) is 5.23. The van der Waals surface area contributed by atoms with Crippen LogP contribution in [0.3, 0.4) is 0 Å². The molecule has 7 heteroatoms. The molecule has 0 bridgehead atoms. The smallest absolute Gasteiger partial charge is 0.251 e. The Morgan fingerprint density at radius 3 is 2.12 bits per heavy atom. The number of carbonyl (C=O) groups is 2. The molecule has 1 aromatic heterocycles. The summed E-state index contributed by atoms with van der Waals surface area (Å²) in [5, 5.41) is 5.87. The zero-order valence-electron chi connectivity index (χ0n) is 18.0. The molecular formula is C26H23N3O4. The van der Waals surface area contributed by atoms with Gasteiger partial charge in [0.25, 0.3) is 5.91 Å². The Kier molecular flexibility index (Phi) is 6.50. The summed E-state index contributed by atoms with van der Waals surface area (Å²) in [5.41, 5.74) is 0.352. The third kappa shape index (κ3) is 5.10. The SMILES string of the molecule is CC1(c2ccc(Oc3ccccc3)cc2)NC(=O)C(Nc2ccccc2)C1=O.c1cocn1. The summed E-state index contributed by atoms with van der Waals surface area (Å²) in [4.78, 5) is 29.1. The van der Waals surface area contributed by atoms with E-state index < -0.39 is 11.6 Å². The van der Waals surface area contributed by atoms with Crippen molar-refractivity contribution in [2.24, 2.45) is 0 Å². The van der Waals surface area contributed by atoms with Gasteiger partial charge in [0.15, 0.2) is 18.2 Å². The van der Waals surface area contributed by atoms with Crippen LogP contribution >= 0.6 is 0 Å². The van der Waals surface area contributed by atoms with Crippen LogP contribution in [-0.4, -0.2) is 22.7 Å². The molecule has 2 atom stereocenters. The number of aromatic nitrogens is 1. The van der Waals surface area contributed by atoms with Crippen LogP contribution in [0.15, 0.2) is 108 Å². The first kappa shape index (κ1) is 21.8. The van der Waals surface area contributed by atoms with Crippen LogP contribution in [-0.2, 0) is 15.1 Å². The van der Waals surface area contributed by atoms with Crippen molar-refractivity contribution in [1.82, 2.24) is 10.3 Å². The molecule has 1 amide bonds. The molecule has 5 rings (SSSR count). The molecule has 0 saturated carbocycles. The fourth-order valence-corrected chi connectivity index (χ4v) is 3.49. The molecule has 0 spiro atoms. The quantitative estimate of drug-likeness (QED) is 0.442. The highest BCUT2D eigenvalue weighted by Crippen LogP contribution is 2.31. The molecule has 2 N–H and O–H groups in total. The predicted molar refractivity (Wildman–Crippen MR) is 124 cm³/mol. The highest BCUT2D eigenvalue weighted by molar-refractivity contribution is 6.18. The van der Waals surface area contributed by atoms with E-state index in [2.05, 4.69) is 20.0 Å². The second kappa shape index (κ2) is 9.82. The van der Waals surface area contributed by atoms with Crippen LogP contribution < -0.4 is 15.4 Å². The van der Waals surface area contributed by atoms with E-state index in [0.29, 0.717) is 11.3 Å². The van der Waals surface area contributed by atoms with E-state index in [1.807, 2.05) is 60.7 Å². The Bertz CT molecular complexity index is 1160. The van der Waals surface area contributed by atoms with Gasteiger partial charge in [-0.05, 0) is 48.9 Å². The zero-order valence-corrected chi connectivity index (χ0v) is 18.0. The number of amides is 1. The molecule has 0 radical (unpaired) electrons. The normalized spacial score (nSPS) is 19.2. The van der Waals surface area contributed by atoms with Gasteiger partial charge in [0, 0.05) is 5.69 Å². The maximum Gasteiger partial charge on any atom is 0.251 e. The second-order valence-electron chi connectivity index (χ2n) is 7.54. The molecule has 2 unspecified atom stereocenters. The average molecular weight is 441 g/mol. The van der Waals surface area contributed by atoms with E-state index in [9.17, 15) is 9.59 Å².